The number of amides is 1. The molecule has 0 aliphatic heterocycles. The molecule has 0 fully saturated rings. The van der Waals surface area contributed by atoms with Crippen LogP contribution in [0.1, 0.15) is 11.4 Å². The quantitative estimate of drug-likeness (QED) is 0.748. The van der Waals surface area contributed by atoms with Crippen LogP contribution >= 0.6 is 0 Å². The highest BCUT2D eigenvalue weighted by molar-refractivity contribution is 5.75. The number of nitrogens with zero attached hydrogens (tertiary/aromatic N) is 4. The molecule has 0 radical (unpaired) electrons. The van der Waals surface area contributed by atoms with Gasteiger partial charge in [0.15, 0.2) is 5.76 Å². The van der Waals surface area contributed by atoms with Gasteiger partial charge in [-0.3, -0.25) is 19.1 Å². The molecule has 0 aromatic carbocycles. The Bertz CT molecular complexity index is 902. The number of carbonyl (C=O) groups is 1. The average Bonchev–Trinajstić information content (AvgIpc) is 3.10. The number of hydrogen-bond donors (Lipinski definition) is 1. The molecule has 24 heavy (non-hydrogen) atoms. The fourth-order valence-electron chi connectivity index (χ4n) is 2.14. The Morgan fingerprint density at radius 2 is 2.12 bits per heavy atom. The second-order valence-electron chi connectivity index (χ2n) is 5.10. The van der Waals surface area contributed by atoms with Crippen molar-refractivity contribution in [2.45, 2.75) is 20.0 Å². The van der Waals surface area contributed by atoms with Gasteiger partial charge < -0.3 is 9.73 Å². The average molecular weight is 325 g/mol. The number of carbonyl (C=O) groups excluding carboxylic acids is 1. The molecular formula is C16H15N5O3. The Kier molecular flexibility index (Phi) is 4.46. The number of rotatable bonds is 5. The number of aryl methyl sites for hydroxylation is 1. The molecule has 3 aromatic rings. The summed E-state index contributed by atoms with van der Waals surface area (Å²) in [5.41, 5.74) is 1.49. The maximum absolute atomic E-state index is 12.1. The van der Waals surface area contributed by atoms with Gasteiger partial charge in [-0.15, -0.1) is 0 Å². The van der Waals surface area contributed by atoms with E-state index in [1.54, 1.807) is 37.7 Å². The molecule has 0 unspecified atom stereocenters. The summed E-state index contributed by atoms with van der Waals surface area (Å²) < 4.78 is 6.56. The van der Waals surface area contributed by atoms with Crippen LogP contribution in [-0.2, 0) is 17.9 Å². The summed E-state index contributed by atoms with van der Waals surface area (Å²) in [5.74, 6) is 0.255. The Hall–Kier alpha value is -3.29. The van der Waals surface area contributed by atoms with Gasteiger partial charge in [-0.25, -0.2) is 9.97 Å². The van der Waals surface area contributed by atoms with E-state index in [0.717, 1.165) is 0 Å². The molecule has 8 heteroatoms. The third-order valence-corrected chi connectivity index (χ3v) is 3.31. The van der Waals surface area contributed by atoms with Crippen LogP contribution in [0, 0.1) is 6.92 Å². The number of aromatic nitrogens is 4. The van der Waals surface area contributed by atoms with E-state index in [4.69, 9.17) is 4.42 Å². The zero-order chi connectivity index (χ0) is 16.9. The standard InChI is InChI=1S/C16H15N5O3/c1-11-7-15(23)21(10-20-11)9-14(22)19-8-12-16(18-5-4-17-12)13-3-2-6-24-13/h2-7,10H,8-9H2,1H3,(H,19,22). The zero-order valence-corrected chi connectivity index (χ0v) is 13.0. The fourth-order valence-corrected chi connectivity index (χ4v) is 2.14. The molecular weight excluding hydrogens is 310 g/mol. The van der Waals surface area contributed by atoms with E-state index in [2.05, 4.69) is 20.3 Å². The van der Waals surface area contributed by atoms with Crippen LogP contribution in [0.3, 0.4) is 0 Å². The zero-order valence-electron chi connectivity index (χ0n) is 13.0. The first kappa shape index (κ1) is 15.6. The van der Waals surface area contributed by atoms with Gasteiger partial charge in [-0.05, 0) is 19.1 Å². The first-order valence-electron chi connectivity index (χ1n) is 7.27. The van der Waals surface area contributed by atoms with Crippen molar-refractivity contribution in [2.24, 2.45) is 0 Å². The van der Waals surface area contributed by atoms with Gasteiger partial charge in [0.2, 0.25) is 5.91 Å². The first-order valence-corrected chi connectivity index (χ1v) is 7.27. The smallest absolute Gasteiger partial charge is 0.253 e. The highest BCUT2D eigenvalue weighted by Crippen LogP contribution is 2.19. The minimum Gasteiger partial charge on any atom is -0.463 e. The van der Waals surface area contributed by atoms with Crippen molar-refractivity contribution in [2.75, 3.05) is 0 Å². The van der Waals surface area contributed by atoms with Crippen molar-refractivity contribution in [1.29, 1.82) is 0 Å². The van der Waals surface area contributed by atoms with Crippen molar-refractivity contribution >= 4 is 5.91 Å². The van der Waals surface area contributed by atoms with Crippen molar-refractivity contribution in [1.82, 2.24) is 24.8 Å². The predicted molar refractivity (Wildman–Crippen MR) is 84.8 cm³/mol. The van der Waals surface area contributed by atoms with Crippen LogP contribution < -0.4 is 10.9 Å². The summed E-state index contributed by atoms with van der Waals surface area (Å²) in [6.07, 6.45) is 6.00. The van der Waals surface area contributed by atoms with Gasteiger partial charge in [0.05, 0.1) is 24.8 Å². The molecule has 0 spiro atoms. The third-order valence-electron chi connectivity index (χ3n) is 3.31. The van der Waals surface area contributed by atoms with Gasteiger partial charge in [-0.1, -0.05) is 0 Å². The second kappa shape index (κ2) is 6.86. The molecule has 0 saturated carbocycles. The molecule has 122 valence electrons. The maximum atomic E-state index is 12.1. The van der Waals surface area contributed by atoms with E-state index >= 15 is 0 Å². The van der Waals surface area contributed by atoms with Crippen molar-refractivity contribution in [3.05, 3.63) is 64.9 Å². The van der Waals surface area contributed by atoms with Crippen molar-refractivity contribution in [3.63, 3.8) is 0 Å². The number of furan rings is 1. The van der Waals surface area contributed by atoms with E-state index in [1.807, 2.05) is 0 Å². The third kappa shape index (κ3) is 3.54. The topological polar surface area (TPSA) is 103 Å². The molecule has 1 N–H and O–H groups in total. The van der Waals surface area contributed by atoms with Gasteiger partial charge >= 0.3 is 0 Å². The van der Waals surface area contributed by atoms with E-state index in [9.17, 15) is 9.59 Å². The largest absolute Gasteiger partial charge is 0.463 e. The summed E-state index contributed by atoms with van der Waals surface area (Å²) in [5, 5.41) is 2.72. The van der Waals surface area contributed by atoms with E-state index in [-0.39, 0.29) is 24.6 Å². The van der Waals surface area contributed by atoms with Gasteiger partial charge in [-0.2, -0.15) is 0 Å². The predicted octanol–water partition coefficient (Wildman–Crippen LogP) is 0.918. The minimum atomic E-state index is -0.321. The van der Waals surface area contributed by atoms with Crippen LogP contribution in [0.2, 0.25) is 0 Å². The summed E-state index contributed by atoms with van der Waals surface area (Å²) >= 11 is 0. The Morgan fingerprint density at radius 1 is 1.29 bits per heavy atom. The number of nitrogens with one attached hydrogen (secondary N) is 1. The lowest BCUT2D eigenvalue weighted by atomic mass is 10.2. The molecule has 0 atom stereocenters. The maximum Gasteiger partial charge on any atom is 0.253 e. The van der Waals surface area contributed by atoms with Crippen LogP contribution in [0.25, 0.3) is 11.5 Å². The molecule has 1 amide bonds. The highest BCUT2D eigenvalue weighted by atomic mass is 16.3. The summed E-state index contributed by atoms with van der Waals surface area (Å²) in [4.78, 5) is 36.3. The Morgan fingerprint density at radius 3 is 2.88 bits per heavy atom. The first-order chi connectivity index (χ1) is 11.6. The molecule has 3 heterocycles. The molecule has 0 aliphatic carbocycles. The molecule has 0 aliphatic rings. The molecule has 0 bridgehead atoms. The van der Waals surface area contributed by atoms with Crippen LogP contribution in [-0.4, -0.2) is 25.4 Å². The lowest BCUT2D eigenvalue weighted by molar-refractivity contribution is -0.121. The number of hydrogen-bond acceptors (Lipinski definition) is 6. The second-order valence-corrected chi connectivity index (χ2v) is 5.10. The van der Waals surface area contributed by atoms with Crippen LogP contribution in [0.15, 0.2) is 52.4 Å². The van der Waals surface area contributed by atoms with Gasteiger partial charge in [0.1, 0.15) is 12.2 Å². The Labute approximate surface area is 137 Å². The lowest BCUT2D eigenvalue weighted by Crippen LogP contribution is -2.32. The monoisotopic (exact) mass is 325 g/mol. The summed E-state index contributed by atoms with van der Waals surface area (Å²) in [6.45, 7) is 1.79. The van der Waals surface area contributed by atoms with Crippen LogP contribution in [0.5, 0.6) is 0 Å². The van der Waals surface area contributed by atoms with Crippen LogP contribution in [0.4, 0.5) is 0 Å². The minimum absolute atomic E-state index is 0.109. The van der Waals surface area contributed by atoms with Gasteiger partial charge in [0.25, 0.3) is 5.56 Å². The molecule has 8 nitrogen and oxygen atoms in total. The molecule has 0 saturated heterocycles. The van der Waals surface area contributed by atoms with Crippen molar-refractivity contribution < 1.29 is 9.21 Å². The molecule has 3 rings (SSSR count). The lowest BCUT2D eigenvalue weighted by Gasteiger charge is -2.08. The summed E-state index contributed by atoms with van der Waals surface area (Å²) in [7, 11) is 0. The normalized spacial score (nSPS) is 10.5. The van der Waals surface area contributed by atoms with Gasteiger partial charge in [0, 0.05) is 24.2 Å². The fraction of sp³-hybridized carbons (Fsp3) is 0.188. The SMILES string of the molecule is Cc1cc(=O)n(CC(=O)NCc2nccnc2-c2ccco2)cn1. The van der Waals surface area contributed by atoms with E-state index in [1.165, 1.54) is 17.0 Å². The highest BCUT2D eigenvalue weighted by Gasteiger charge is 2.12. The molecule has 3 aromatic heterocycles. The van der Waals surface area contributed by atoms with E-state index in [0.29, 0.717) is 22.8 Å². The summed E-state index contributed by atoms with van der Waals surface area (Å²) in [6, 6.07) is 4.90. The Balaban J connectivity index is 1.68. The van der Waals surface area contributed by atoms with E-state index < -0.39 is 0 Å². The van der Waals surface area contributed by atoms with Crippen molar-refractivity contribution in [3.8, 4) is 11.5 Å².